The third kappa shape index (κ3) is 4.73. The number of rotatable bonds is 8. The number of hydrogen-bond donors (Lipinski definition) is 2. The maximum absolute atomic E-state index is 5.52. The predicted molar refractivity (Wildman–Crippen MR) is 68.8 cm³/mol. The van der Waals surface area contributed by atoms with E-state index in [0.29, 0.717) is 13.2 Å². The summed E-state index contributed by atoms with van der Waals surface area (Å²) in [6, 6.07) is 7.93. The van der Waals surface area contributed by atoms with Crippen molar-refractivity contribution in [1.29, 1.82) is 0 Å². The van der Waals surface area contributed by atoms with E-state index in [1.54, 1.807) is 0 Å². The molecule has 0 fully saturated rings. The quantitative estimate of drug-likeness (QED) is 0.413. The third-order valence-corrected chi connectivity index (χ3v) is 2.43. The minimum atomic E-state index is 0.0252. The zero-order valence-electron chi connectivity index (χ0n) is 10.6. The van der Waals surface area contributed by atoms with Gasteiger partial charge in [-0.25, -0.2) is 0 Å². The summed E-state index contributed by atoms with van der Waals surface area (Å²) < 4.78 is 10.9. The molecule has 0 aliphatic rings. The first-order valence-electron chi connectivity index (χ1n) is 6.08. The molecule has 0 bridgehead atoms. The lowest BCUT2D eigenvalue weighted by Crippen LogP contribution is -2.31. The van der Waals surface area contributed by atoms with Gasteiger partial charge >= 0.3 is 0 Å². The molecule has 3 N–H and O–H groups in total. The normalized spacial score (nSPS) is 12.4. The summed E-state index contributed by atoms with van der Waals surface area (Å²) >= 11 is 0. The van der Waals surface area contributed by atoms with Crippen LogP contribution in [0.3, 0.4) is 0 Å². The van der Waals surface area contributed by atoms with Crippen LogP contribution in [0.5, 0.6) is 5.75 Å². The first kappa shape index (κ1) is 14.0. The van der Waals surface area contributed by atoms with Crippen molar-refractivity contribution < 1.29 is 9.47 Å². The van der Waals surface area contributed by atoms with Gasteiger partial charge in [-0.15, -0.1) is 0 Å². The van der Waals surface area contributed by atoms with Gasteiger partial charge in [0.25, 0.3) is 0 Å². The summed E-state index contributed by atoms with van der Waals surface area (Å²) in [5.41, 5.74) is 3.87. The molecular formula is C13H22N2O2. The third-order valence-electron chi connectivity index (χ3n) is 2.43. The van der Waals surface area contributed by atoms with Gasteiger partial charge in [-0.3, -0.25) is 11.3 Å². The van der Waals surface area contributed by atoms with Crippen molar-refractivity contribution >= 4 is 0 Å². The van der Waals surface area contributed by atoms with Crippen molar-refractivity contribution in [2.24, 2.45) is 5.84 Å². The molecule has 0 aliphatic carbocycles. The zero-order chi connectivity index (χ0) is 12.5. The number of nitrogens with one attached hydrogen (secondary N) is 1. The molecule has 17 heavy (non-hydrogen) atoms. The number of ether oxygens (including phenoxy) is 2. The lowest BCUT2D eigenvalue weighted by atomic mass is 10.1. The highest BCUT2D eigenvalue weighted by Gasteiger charge is 2.09. The first-order chi connectivity index (χ1) is 8.31. The monoisotopic (exact) mass is 238 g/mol. The number of nitrogens with two attached hydrogens (primary N) is 1. The van der Waals surface area contributed by atoms with E-state index < -0.39 is 0 Å². The summed E-state index contributed by atoms with van der Waals surface area (Å²) in [7, 11) is 0. The Morgan fingerprint density at radius 2 is 1.94 bits per heavy atom. The van der Waals surface area contributed by atoms with Crippen molar-refractivity contribution in [3.05, 3.63) is 29.8 Å². The number of hydrazine groups is 1. The summed E-state index contributed by atoms with van der Waals surface area (Å²) in [4.78, 5) is 0. The van der Waals surface area contributed by atoms with E-state index in [9.17, 15) is 0 Å². The van der Waals surface area contributed by atoms with E-state index in [-0.39, 0.29) is 6.04 Å². The average molecular weight is 238 g/mol. The Morgan fingerprint density at radius 3 is 2.47 bits per heavy atom. The van der Waals surface area contributed by atoms with Gasteiger partial charge in [0.05, 0.1) is 19.3 Å². The van der Waals surface area contributed by atoms with E-state index in [1.165, 1.54) is 0 Å². The molecule has 0 saturated heterocycles. The van der Waals surface area contributed by atoms with Crippen LogP contribution in [0.25, 0.3) is 0 Å². The van der Waals surface area contributed by atoms with Gasteiger partial charge in [0.15, 0.2) is 0 Å². The van der Waals surface area contributed by atoms with Crippen molar-refractivity contribution in [3.8, 4) is 5.75 Å². The molecule has 1 atom stereocenters. The maximum Gasteiger partial charge on any atom is 0.119 e. The molecule has 96 valence electrons. The molecule has 4 heteroatoms. The first-order valence-corrected chi connectivity index (χ1v) is 6.08. The highest BCUT2D eigenvalue weighted by molar-refractivity contribution is 5.29. The number of hydrogen-bond acceptors (Lipinski definition) is 4. The van der Waals surface area contributed by atoms with Gasteiger partial charge in [0.2, 0.25) is 0 Å². The molecule has 0 aliphatic heterocycles. The van der Waals surface area contributed by atoms with Gasteiger partial charge in [0, 0.05) is 6.61 Å². The van der Waals surface area contributed by atoms with E-state index >= 15 is 0 Å². The molecule has 0 saturated carbocycles. The van der Waals surface area contributed by atoms with E-state index in [2.05, 4.69) is 12.3 Å². The van der Waals surface area contributed by atoms with Crippen molar-refractivity contribution in [1.82, 2.24) is 5.43 Å². The maximum atomic E-state index is 5.52. The van der Waals surface area contributed by atoms with E-state index in [0.717, 1.165) is 24.3 Å². The largest absolute Gasteiger partial charge is 0.494 e. The zero-order valence-corrected chi connectivity index (χ0v) is 10.6. The van der Waals surface area contributed by atoms with Crippen LogP contribution in [0.1, 0.15) is 31.9 Å². The molecule has 0 radical (unpaired) electrons. The summed E-state index contributed by atoms with van der Waals surface area (Å²) in [6.45, 7) is 6.07. The van der Waals surface area contributed by atoms with Crippen LogP contribution < -0.4 is 16.0 Å². The standard InChI is InChI=1S/C13H22N2O2/c1-3-9-16-10-13(15-14)11-5-7-12(8-6-11)17-4-2/h5-8,13,15H,3-4,9-10,14H2,1-2H3. The van der Waals surface area contributed by atoms with Gasteiger partial charge in [-0.05, 0) is 31.0 Å². The molecule has 1 unspecified atom stereocenters. The second-order valence-corrected chi connectivity index (χ2v) is 3.80. The van der Waals surface area contributed by atoms with Crippen LogP contribution in [0, 0.1) is 0 Å². The average Bonchev–Trinajstić information content (AvgIpc) is 2.36. The van der Waals surface area contributed by atoms with E-state index in [4.69, 9.17) is 15.3 Å². The van der Waals surface area contributed by atoms with Crippen molar-refractivity contribution in [3.63, 3.8) is 0 Å². The SMILES string of the molecule is CCCOCC(NN)c1ccc(OCC)cc1. The smallest absolute Gasteiger partial charge is 0.119 e. The predicted octanol–water partition coefficient (Wildman–Crippen LogP) is 2.02. The second kappa shape index (κ2) is 8.06. The molecule has 0 heterocycles. The Bertz CT molecular complexity index is 301. The lowest BCUT2D eigenvalue weighted by molar-refractivity contribution is 0.112. The van der Waals surface area contributed by atoms with Crippen LogP contribution in [-0.2, 0) is 4.74 Å². The van der Waals surface area contributed by atoms with Gasteiger partial charge in [0.1, 0.15) is 5.75 Å². The fourth-order valence-corrected chi connectivity index (χ4v) is 1.55. The van der Waals surface area contributed by atoms with Crippen LogP contribution in [0.2, 0.25) is 0 Å². The fraction of sp³-hybridized carbons (Fsp3) is 0.538. The highest BCUT2D eigenvalue weighted by Crippen LogP contribution is 2.17. The van der Waals surface area contributed by atoms with Crippen molar-refractivity contribution in [2.45, 2.75) is 26.3 Å². The topological polar surface area (TPSA) is 56.5 Å². The van der Waals surface area contributed by atoms with Crippen molar-refractivity contribution in [2.75, 3.05) is 19.8 Å². The van der Waals surface area contributed by atoms with Crippen LogP contribution in [0.15, 0.2) is 24.3 Å². The minimum Gasteiger partial charge on any atom is -0.494 e. The Morgan fingerprint density at radius 1 is 1.24 bits per heavy atom. The molecular weight excluding hydrogens is 216 g/mol. The van der Waals surface area contributed by atoms with Crippen LogP contribution in [0.4, 0.5) is 0 Å². The van der Waals surface area contributed by atoms with E-state index in [1.807, 2.05) is 31.2 Å². The molecule has 4 nitrogen and oxygen atoms in total. The Hall–Kier alpha value is -1.10. The molecule has 1 aromatic carbocycles. The Labute approximate surface area is 103 Å². The van der Waals surface area contributed by atoms with Gasteiger partial charge in [-0.2, -0.15) is 0 Å². The highest BCUT2D eigenvalue weighted by atomic mass is 16.5. The Balaban J connectivity index is 2.55. The van der Waals surface area contributed by atoms with Gasteiger partial charge in [-0.1, -0.05) is 19.1 Å². The Kier molecular flexibility index (Phi) is 6.62. The molecule has 1 rings (SSSR count). The second-order valence-electron chi connectivity index (χ2n) is 3.80. The molecule has 0 aromatic heterocycles. The van der Waals surface area contributed by atoms with Crippen LogP contribution in [-0.4, -0.2) is 19.8 Å². The molecule has 1 aromatic rings. The van der Waals surface area contributed by atoms with Crippen LogP contribution >= 0.6 is 0 Å². The fourth-order valence-electron chi connectivity index (χ4n) is 1.55. The summed E-state index contributed by atoms with van der Waals surface area (Å²) in [6.07, 6.45) is 1.01. The lowest BCUT2D eigenvalue weighted by Gasteiger charge is -2.16. The summed E-state index contributed by atoms with van der Waals surface area (Å²) in [5, 5.41) is 0. The minimum absolute atomic E-state index is 0.0252. The van der Waals surface area contributed by atoms with Gasteiger partial charge < -0.3 is 9.47 Å². The number of benzene rings is 1. The summed E-state index contributed by atoms with van der Waals surface area (Å²) in [5.74, 6) is 6.40. The molecule has 0 amide bonds. The molecule has 0 spiro atoms.